The maximum absolute atomic E-state index is 13.5. The van der Waals surface area contributed by atoms with Crippen molar-refractivity contribution in [3.8, 4) is 0 Å². The Bertz CT molecular complexity index is 405. The minimum Gasteiger partial charge on any atom is -0.381 e. The molecule has 1 aromatic carbocycles. The maximum Gasteiger partial charge on any atom is 0.146 e. The van der Waals surface area contributed by atoms with Crippen LogP contribution in [0, 0.1) is 11.2 Å². The minimum absolute atomic E-state index is 0.165. The van der Waals surface area contributed by atoms with E-state index in [4.69, 9.17) is 0 Å². The van der Waals surface area contributed by atoms with Gasteiger partial charge in [0.25, 0.3) is 0 Å². The van der Waals surface area contributed by atoms with Crippen molar-refractivity contribution in [2.45, 2.75) is 39.5 Å². The van der Waals surface area contributed by atoms with Crippen molar-refractivity contribution in [3.63, 3.8) is 0 Å². The average molecular weight is 278 g/mol. The molecule has 2 nitrogen and oxygen atoms in total. The summed E-state index contributed by atoms with van der Waals surface area (Å²) in [4.78, 5) is 2.50. The van der Waals surface area contributed by atoms with Gasteiger partial charge in [-0.1, -0.05) is 38.8 Å². The predicted molar refractivity (Wildman–Crippen MR) is 83.6 cm³/mol. The summed E-state index contributed by atoms with van der Waals surface area (Å²) in [5.41, 5.74) is 1.19. The molecule has 0 saturated carbocycles. The van der Waals surface area contributed by atoms with Gasteiger partial charge in [-0.15, -0.1) is 0 Å². The largest absolute Gasteiger partial charge is 0.381 e. The van der Waals surface area contributed by atoms with Crippen LogP contribution < -0.4 is 5.32 Å². The Morgan fingerprint density at radius 3 is 2.40 bits per heavy atom. The molecule has 0 unspecified atom stereocenters. The molecule has 1 saturated heterocycles. The van der Waals surface area contributed by atoms with Crippen LogP contribution >= 0.6 is 0 Å². The molecule has 1 heterocycles. The summed E-state index contributed by atoms with van der Waals surface area (Å²) in [5.74, 6) is -0.165. The van der Waals surface area contributed by atoms with E-state index in [1.807, 2.05) is 6.07 Å². The number of hydrogen-bond donors (Lipinski definition) is 1. The second-order valence-electron chi connectivity index (χ2n) is 5.96. The van der Waals surface area contributed by atoms with Gasteiger partial charge in [-0.25, -0.2) is 4.39 Å². The highest BCUT2D eigenvalue weighted by atomic mass is 19.1. The molecule has 1 aliphatic heterocycles. The van der Waals surface area contributed by atoms with Gasteiger partial charge in [0.15, 0.2) is 0 Å². The van der Waals surface area contributed by atoms with Crippen molar-refractivity contribution in [3.05, 3.63) is 30.1 Å². The van der Waals surface area contributed by atoms with Crippen LogP contribution in [0.15, 0.2) is 24.3 Å². The Kier molecular flexibility index (Phi) is 5.41. The van der Waals surface area contributed by atoms with Crippen LogP contribution in [0.5, 0.6) is 0 Å². The van der Waals surface area contributed by atoms with Crippen LogP contribution in [0.3, 0.4) is 0 Å². The summed E-state index contributed by atoms with van der Waals surface area (Å²) >= 11 is 0. The van der Waals surface area contributed by atoms with Gasteiger partial charge in [0.1, 0.15) is 5.82 Å². The summed E-state index contributed by atoms with van der Waals surface area (Å²) in [6.07, 6.45) is 5.20. The molecule has 1 aliphatic rings. The van der Waals surface area contributed by atoms with Crippen molar-refractivity contribution in [1.82, 2.24) is 4.90 Å². The molecule has 20 heavy (non-hydrogen) atoms. The van der Waals surface area contributed by atoms with Crippen molar-refractivity contribution in [2.24, 2.45) is 5.41 Å². The van der Waals surface area contributed by atoms with E-state index in [2.05, 4.69) is 24.1 Å². The van der Waals surface area contributed by atoms with Gasteiger partial charge in [-0.05, 0) is 43.5 Å². The Labute approximate surface area is 122 Å². The Morgan fingerprint density at radius 2 is 1.80 bits per heavy atom. The molecular weight excluding hydrogens is 251 g/mol. The zero-order valence-electron chi connectivity index (χ0n) is 12.8. The fourth-order valence-electron chi connectivity index (χ4n) is 3.16. The van der Waals surface area contributed by atoms with Gasteiger partial charge in [-0.2, -0.15) is 0 Å². The Balaban J connectivity index is 1.73. The van der Waals surface area contributed by atoms with Crippen LogP contribution in [0.4, 0.5) is 10.1 Å². The highest BCUT2D eigenvalue weighted by molar-refractivity contribution is 5.44. The third-order valence-corrected chi connectivity index (χ3v) is 5.03. The number of para-hydroxylation sites is 1. The molecule has 2 rings (SSSR count). The first-order valence-corrected chi connectivity index (χ1v) is 7.90. The van der Waals surface area contributed by atoms with E-state index in [1.165, 1.54) is 44.8 Å². The summed E-state index contributed by atoms with van der Waals surface area (Å²) in [6.45, 7) is 8.81. The van der Waals surface area contributed by atoms with Crippen LogP contribution in [0.25, 0.3) is 0 Å². The number of benzene rings is 1. The summed E-state index contributed by atoms with van der Waals surface area (Å²) in [5, 5.41) is 3.19. The smallest absolute Gasteiger partial charge is 0.146 e. The standard InChI is InChI=1S/C17H27FN2/c1-3-17(4-2)9-12-20(13-10-17)14-11-19-16-8-6-5-7-15(16)18/h5-8,19H,3-4,9-14H2,1-2H3. The third kappa shape index (κ3) is 3.72. The molecule has 0 aliphatic carbocycles. The first kappa shape index (κ1) is 15.3. The van der Waals surface area contributed by atoms with Crippen molar-refractivity contribution in [1.29, 1.82) is 0 Å². The molecule has 1 N–H and O–H groups in total. The van der Waals surface area contributed by atoms with E-state index in [0.29, 0.717) is 11.1 Å². The summed E-state index contributed by atoms with van der Waals surface area (Å²) in [7, 11) is 0. The van der Waals surface area contributed by atoms with Gasteiger partial charge in [0, 0.05) is 13.1 Å². The molecule has 1 aromatic rings. The zero-order chi connectivity index (χ0) is 14.4. The molecule has 3 heteroatoms. The van der Waals surface area contributed by atoms with Crippen LogP contribution in [0.1, 0.15) is 39.5 Å². The van der Waals surface area contributed by atoms with Crippen molar-refractivity contribution >= 4 is 5.69 Å². The molecule has 0 amide bonds. The van der Waals surface area contributed by atoms with E-state index in [9.17, 15) is 4.39 Å². The lowest BCUT2D eigenvalue weighted by Crippen LogP contribution is -2.41. The summed E-state index contributed by atoms with van der Waals surface area (Å²) in [6, 6.07) is 6.88. The number of hydrogen-bond acceptors (Lipinski definition) is 2. The van der Waals surface area contributed by atoms with Crippen molar-refractivity contribution in [2.75, 3.05) is 31.5 Å². The zero-order valence-corrected chi connectivity index (χ0v) is 12.8. The quantitative estimate of drug-likeness (QED) is 0.841. The lowest BCUT2D eigenvalue weighted by atomic mass is 9.74. The number of piperidine rings is 1. The first-order chi connectivity index (χ1) is 9.69. The molecule has 0 spiro atoms. The second kappa shape index (κ2) is 7.07. The fraction of sp³-hybridized carbons (Fsp3) is 0.647. The molecule has 0 atom stereocenters. The number of halogens is 1. The highest BCUT2D eigenvalue weighted by Gasteiger charge is 2.30. The predicted octanol–water partition coefficient (Wildman–Crippen LogP) is 4.14. The lowest BCUT2D eigenvalue weighted by molar-refractivity contribution is 0.0983. The van der Waals surface area contributed by atoms with E-state index >= 15 is 0 Å². The van der Waals surface area contributed by atoms with E-state index in [1.54, 1.807) is 12.1 Å². The van der Waals surface area contributed by atoms with Gasteiger partial charge < -0.3 is 10.2 Å². The molecule has 0 bridgehead atoms. The first-order valence-electron chi connectivity index (χ1n) is 7.90. The normalized spacial score (nSPS) is 18.9. The highest BCUT2D eigenvalue weighted by Crippen LogP contribution is 2.37. The molecule has 0 aromatic heterocycles. The average Bonchev–Trinajstić information content (AvgIpc) is 2.50. The van der Waals surface area contributed by atoms with Gasteiger partial charge in [-0.3, -0.25) is 0 Å². The minimum atomic E-state index is -0.165. The molecular formula is C17H27FN2. The van der Waals surface area contributed by atoms with Gasteiger partial charge >= 0.3 is 0 Å². The van der Waals surface area contributed by atoms with E-state index in [-0.39, 0.29) is 5.82 Å². The van der Waals surface area contributed by atoms with Crippen LogP contribution in [-0.2, 0) is 0 Å². The topological polar surface area (TPSA) is 15.3 Å². The monoisotopic (exact) mass is 278 g/mol. The second-order valence-corrected chi connectivity index (χ2v) is 5.96. The van der Waals surface area contributed by atoms with Crippen LogP contribution in [0.2, 0.25) is 0 Å². The van der Waals surface area contributed by atoms with E-state index in [0.717, 1.165) is 13.1 Å². The fourth-order valence-corrected chi connectivity index (χ4v) is 3.16. The number of nitrogens with zero attached hydrogens (tertiary/aromatic N) is 1. The maximum atomic E-state index is 13.5. The molecule has 1 fully saturated rings. The van der Waals surface area contributed by atoms with Gasteiger partial charge in [0.2, 0.25) is 0 Å². The van der Waals surface area contributed by atoms with Crippen molar-refractivity contribution < 1.29 is 4.39 Å². The number of anilines is 1. The Morgan fingerprint density at radius 1 is 1.15 bits per heavy atom. The van der Waals surface area contributed by atoms with Gasteiger partial charge in [0.05, 0.1) is 5.69 Å². The Hall–Kier alpha value is -1.09. The summed E-state index contributed by atoms with van der Waals surface area (Å²) < 4.78 is 13.5. The van der Waals surface area contributed by atoms with Crippen LogP contribution in [-0.4, -0.2) is 31.1 Å². The van der Waals surface area contributed by atoms with E-state index < -0.39 is 0 Å². The lowest BCUT2D eigenvalue weighted by Gasteiger charge is -2.41. The molecule has 112 valence electrons. The number of nitrogens with one attached hydrogen (secondary N) is 1. The third-order valence-electron chi connectivity index (χ3n) is 5.03. The SMILES string of the molecule is CCC1(CC)CCN(CCNc2ccccc2F)CC1. The number of rotatable bonds is 6. The number of likely N-dealkylation sites (tertiary alicyclic amines) is 1. The molecule has 0 radical (unpaired) electrons.